The quantitative estimate of drug-likeness (QED) is 0.367. The highest BCUT2D eigenvalue weighted by atomic mass is 19.4. The van der Waals surface area contributed by atoms with Gasteiger partial charge in [-0.1, -0.05) is 31.2 Å². The molecule has 0 amide bonds. The van der Waals surface area contributed by atoms with Crippen LogP contribution in [0.3, 0.4) is 0 Å². The average Bonchev–Trinajstić information content (AvgIpc) is 2.69. The van der Waals surface area contributed by atoms with Crippen molar-refractivity contribution in [3.8, 4) is 28.4 Å². The first kappa shape index (κ1) is 25.1. The van der Waals surface area contributed by atoms with Crippen LogP contribution in [0.2, 0.25) is 0 Å². The third-order valence-electron chi connectivity index (χ3n) is 4.57. The molecule has 0 heterocycles. The monoisotopic (exact) mass is 496 g/mol. The molecule has 3 rings (SSSR count). The molecule has 0 aliphatic heterocycles. The molecule has 1 N–H and O–H groups in total. The van der Waals surface area contributed by atoms with Crippen LogP contribution in [0.15, 0.2) is 42.5 Å². The SMILES string of the molecule is CCc1ccc(-c2c(O)cc(F)c(C(F)(F)Oc3cc(F)c(OC(F)(F)F)c(F)c3)c2F)cc1. The van der Waals surface area contributed by atoms with E-state index in [2.05, 4.69) is 9.47 Å². The van der Waals surface area contributed by atoms with Crippen molar-refractivity contribution in [3.63, 3.8) is 0 Å². The number of halogens is 9. The van der Waals surface area contributed by atoms with Crippen molar-refractivity contribution < 1.29 is 54.1 Å². The predicted octanol–water partition coefficient (Wildman–Crippen LogP) is 7.20. The van der Waals surface area contributed by atoms with E-state index in [-0.39, 0.29) is 23.8 Å². The van der Waals surface area contributed by atoms with E-state index in [0.29, 0.717) is 6.42 Å². The third kappa shape index (κ3) is 5.15. The Morgan fingerprint density at radius 3 is 1.85 bits per heavy atom. The lowest BCUT2D eigenvalue weighted by Gasteiger charge is -2.21. The molecule has 182 valence electrons. The summed E-state index contributed by atoms with van der Waals surface area (Å²) in [7, 11) is 0. The van der Waals surface area contributed by atoms with E-state index in [9.17, 15) is 40.2 Å². The highest BCUT2D eigenvalue weighted by Crippen LogP contribution is 2.43. The van der Waals surface area contributed by atoms with E-state index in [4.69, 9.17) is 0 Å². The smallest absolute Gasteiger partial charge is 0.507 e. The molecule has 0 aromatic heterocycles. The van der Waals surface area contributed by atoms with Gasteiger partial charge in [-0.3, -0.25) is 0 Å². The van der Waals surface area contributed by atoms with Crippen LogP contribution >= 0.6 is 0 Å². The van der Waals surface area contributed by atoms with Gasteiger partial charge in [0.05, 0.1) is 5.56 Å². The van der Waals surface area contributed by atoms with Crippen molar-refractivity contribution in [2.45, 2.75) is 25.8 Å². The van der Waals surface area contributed by atoms with Gasteiger partial charge in [-0.25, -0.2) is 17.6 Å². The summed E-state index contributed by atoms with van der Waals surface area (Å²) in [4.78, 5) is 0. The normalized spacial score (nSPS) is 12.1. The van der Waals surface area contributed by atoms with Gasteiger partial charge in [0, 0.05) is 18.2 Å². The fourth-order valence-corrected chi connectivity index (χ4v) is 3.06. The molecule has 0 aliphatic carbocycles. The molecule has 0 saturated carbocycles. The Hall–Kier alpha value is -3.57. The predicted molar refractivity (Wildman–Crippen MR) is 100 cm³/mol. The number of aryl methyl sites for hydroxylation is 1. The Morgan fingerprint density at radius 1 is 0.794 bits per heavy atom. The summed E-state index contributed by atoms with van der Waals surface area (Å²) in [6.07, 6.45) is -9.81. The van der Waals surface area contributed by atoms with Gasteiger partial charge < -0.3 is 14.6 Å². The lowest BCUT2D eigenvalue weighted by atomic mass is 9.98. The number of rotatable bonds is 6. The van der Waals surface area contributed by atoms with Crippen molar-refractivity contribution in [1.29, 1.82) is 0 Å². The number of alkyl halides is 5. The third-order valence-corrected chi connectivity index (χ3v) is 4.57. The van der Waals surface area contributed by atoms with Crippen molar-refractivity contribution in [2.75, 3.05) is 0 Å². The summed E-state index contributed by atoms with van der Waals surface area (Å²) in [5.41, 5.74) is -2.10. The van der Waals surface area contributed by atoms with Gasteiger partial charge in [-0.15, -0.1) is 13.2 Å². The van der Waals surface area contributed by atoms with Crippen LogP contribution in [0, 0.1) is 23.3 Å². The van der Waals surface area contributed by atoms with Gasteiger partial charge in [-0.2, -0.15) is 8.78 Å². The Bertz CT molecular complexity index is 1180. The summed E-state index contributed by atoms with van der Waals surface area (Å²) >= 11 is 0. The Morgan fingerprint density at radius 2 is 1.35 bits per heavy atom. The second-order valence-corrected chi connectivity index (χ2v) is 6.87. The zero-order valence-electron chi connectivity index (χ0n) is 16.9. The number of phenols is 1. The molecule has 3 nitrogen and oxygen atoms in total. The minimum Gasteiger partial charge on any atom is -0.507 e. The Labute approximate surface area is 186 Å². The molecule has 3 aromatic rings. The summed E-state index contributed by atoms with van der Waals surface area (Å²) in [6.45, 7) is 1.81. The topological polar surface area (TPSA) is 38.7 Å². The fourth-order valence-electron chi connectivity index (χ4n) is 3.06. The van der Waals surface area contributed by atoms with Crippen LogP contribution in [0.4, 0.5) is 39.5 Å². The maximum Gasteiger partial charge on any atom is 0.573 e. The first-order valence-electron chi connectivity index (χ1n) is 9.36. The highest BCUT2D eigenvalue weighted by molar-refractivity contribution is 5.72. The molecule has 0 radical (unpaired) electrons. The van der Waals surface area contributed by atoms with Gasteiger partial charge in [0.1, 0.15) is 22.9 Å². The van der Waals surface area contributed by atoms with Gasteiger partial charge in [-0.05, 0) is 17.5 Å². The number of phenolic OH excluding ortho intramolecular Hbond substituents is 1. The van der Waals surface area contributed by atoms with Crippen molar-refractivity contribution in [3.05, 3.63) is 76.9 Å². The van der Waals surface area contributed by atoms with E-state index in [1.54, 1.807) is 0 Å². The number of ether oxygens (including phenoxy) is 2. The average molecular weight is 496 g/mol. The second-order valence-electron chi connectivity index (χ2n) is 6.87. The summed E-state index contributed by atoms with van der Waals surface area (Å²) in [5.74, 6) is -12.3. The molecule has 0 aliphatic rings. The minimum atomic E-state index is -5.49. The minimum absolute atomic E-state index is 0.0847. The number of benzene rings is 3. The highest BCUT2D eigenvalue weighted by Gasteiger charge is 2.43. The Kier molecular flexibility index (Phi) is 6.63. The zero-order valence-corrected chi connectivity index (χ0v) is 16.9. The molecular weight excluding hydrogens is 483 g/mol. The molecule has 34 heavy (non-hydrogen) atoms. The van der Waals surface area contributed by atoms with Gasteiger partial charge >= 0.3 is 12.5 Å². The number of hydrogen-bond acceptors (Lipinski definition) is 3. The summed E-state index contributed by atoms with van der Waals surface area (Å²) in [6, 6.07) is 5.64. The summed E-state index contributed by atoms with van der Waals surface area (Å²) < 4.78 is 130. The first-order chi connectivity index (χ1) is 15.7. The first-order valence-corrected chi connectivity index (χ1v) is 9.36. The van der Waals surface area contributed by atoms with Gasteiger partial charge in [0.2, 0.25) is 5.75 Å². The van der Waals surface area contributed by atoms with Crippen molar-refractivity contribution in [1.82, 2.24) is 0 Å². The lowest BCUT2D eigenvalue weighted by molar-refractivity contribution is -0.276. The maximum atomic E-state index is 15.0. The Balaban J connectivity index is 2.04. The molecule has 0 fully saturated rings. The van der Waals surface area contributed by atoms with Crippen LogP contribution in [0.5, 0.6) is 17.2 Å². The molecule has 0 bridgehead atoms. The lowest BCUT2D eigenvalue weighted by Crippen LogP contribution is -2.26. The molecule has 12 heteroatoms. The molecule has 0 spiro atoms. The van der Waals surface area contributed by atoms with Crippen LogP contribution in [0.25, 0.3) is 11.1 Å². The molecule has 3 aromatic carbocycles. The standard InChI is InChI=1S/C22H13F9O3/c1-2-10-3-5-11(6-4-10)17-16(32)9-13(23)18(19(17)26)21(27,28)33-12-7-14(24)20(15(25)8-12)34-22(29,30)31/h3-9,32H,2H2,1H3. The van der Waals surface area contributed by atoms with Crippen LogP contribution in [-0.2, 0) is 12.5 Å². The van der Waals surface area contributed by atoms with Crippen LogP contribution in [-0.4, -0.2) is 11.5 Å². The van der Waals surface area contributed by atoms with Gasteiger partial charge in [0.25, 0.3) is 0 Å². The van der Waals surface area contributed by atoms with Crippen LogP contribution < -0.4 is 9.47 Å². The largest absolute Gasteiger partial charge is 0.573 e. The van der Waals surface area contributed by atoms with Crippen molar-refractivity contribution in [2.24, 2.45) is 0 Å². The maximum absolute atomic E-state index is 15.0. The molecule has 0 unspecified atom stereocenters. The zero-order chi connectivity index (χ0) is 25.4. The van der Waals surface area contributed by atoms with E-state index in [0.717, 1.165) is 5.56 Å². The van der Waals surface area contributed by atoms with Crippen molar-refractivity contribution >= 4 is 0 Å². The number of aromatic hydroxyl groups is 1. The van der Waals surface area contributed by atoms with Gasteiger partial charge in [0.15, 0.2) is 17.5 Å². The molecule has 0 saturated heterocycles. The van der Waals surface area contributed by atoms with E-state index in [1.807, 2.05) is 6.92 Å². The van der Waals surface area contributed by atoms with E-state index in [1.165, 1.54) is 24.3 Å². The number of hydrogen-bond donors (Lipinski definition) is 1. The fraction of sp³-hybridized carbons (Fsp3) is 0.182. The summed E-state index contributed by atoms with van der Waals surface area (Å²) in [5, 5.41) is 9.96. The van der Waals surface area contributed by atoms with E-state index >= 15 is 4.39 Å². The molecule has 0 atom stereocenters. The second kappa shape index (κ2) is 8.99. The van der Waals surface area contributed by atoms with Crippen LogP contribution in [0.1, 0.15) is 18.1 Å². The molecular formula is C22H13F9O3. The van der Waals surface area contributed by atoms with E-state index < -0.39 is 64.1 Å².